The monoisotopic (exact) mass is 352 g/mol. The van der Waals surface area contributed by atoms with Gasteiger partial charge in [-0.2, -0.15) is 5.10 Å². The molecule has 0 spiro atoms. The lowest BCUT2D eigenvalue weighted by molar-refractivity contribution is 0.0684. The lowest BCUT2D eigenvalue weighted by atomic mass is 10.1. The Balaban J connectivity index is 1.57. The van der Waals surface area contributed by atoms with Gasteiger partial charge in [-0.05, 0) is 12.1 Å². The SMILES string of the molecule is CO[C@@H]1CC(c2ncc[nH]2)N(C(=O)c2ccc(-c3ncn(C)n3)cc2)C1. The minimum atomic E-state index is -0.111. The van der Waals surface area contributed by atoms with Crippen molar-refractivity contribution in [2.45, 2.75) is 18.6 Å². The van der Waals surface area contributed by atoms with Gasteiger partial charge in [0, 0.05) is 50.6 Å². The predicted octanol–water partition coefficient (Wildman–Crippen LogP) is 1.81. The van der Waals surface area contributed by atoms with E-state index in [9.17, 15) is 4.79 Å². The summed E-state index contributed by atoms with van der Waals surface area (Å²) in [6, 6.07) is 7.25. The summed E-state index contributed by atoms with van der Waals surface area (Å²) in [7, 11) is 3.50. The number of methoxy groups -OCH3 is 1. The second-order valence-corrected chi connectivity index (χ2v) is 6.36. The summed E-state index contributed by atoms with van der Waals surface area (Å²) in [5.74, 6) is 1.39. The topological polar surface area (TPSA) is 88.9 Å². The van der Waals surface area contributed by atoms with E-state index in [1.807, 2.05) is 36.2 Å². The van der Waals surface area contributed by atoms with Gasteiger partial charge < -0.3 is 14.6 Å². The summed E-state index contributed by atoms with van der Waals surface area (Å²) < 4.78 is 7.13. The molecule has 2 aromatic heterocycles. The molecule has 4 rings (SSSR count). The average Bonchev–Trinajstić information content (AvgIpc) is 3.41. The van der Waals surface area contributed by atoms with Crippen LogP contribution in [0.15, 0.2) is 43.0 Å². The molecular weight excluding hydrogens is 332 g/mol. The lowest BCUT2D eigenvalue weighted by Gasteiger charge is -2.23. The number of nitrogens with one attached hydrogen (secondary N) is 1. The van der Waals surface area contributed by atoms with E-state index < -0.39 is 0 Å². The Bertz CT molecular complexity index is 887. The number of imidazole rings is 1. The van der Waals surface area contributed by atoms with E-state index in [0.717, 1.165) is 17.8 Å². The van der Waals surface area contributed by atoms with Gasteiger partial charge in [-0.3, -0.25) is 9.48 Å². The molecule has 0 radical (unpaired) electrons. The zero-order chi connectivity index (χ0) is 18.1. The van der Waals surface area contributed by atoms with Crippen LogP contribution >= 0.6 is 0 Å². The number of hydrogen-bond donors (Lipinski definition) is 1. The van der Waals surface area contributed by atoms with Gasteiger partial charge in [0.05, 0.1) is 12.1 Å². The number of benzene rings is 1. The molecule has 1 amide bonds. The maximum atomic E-state index is 13.1. The highest BCUT2D eigenvalue weighted by atomic mass is 16.5. The van der Waals surface area contributed by atoms with Gasteiger partial charge in [-0.25, -0.2) is 9.97 Å². The second-order valence-electron chi connectivity index (χ2n) is 6.36. The number of carbonyl (C=O) groups is 1. The maximum Gasteiger partial charge on any atom is 0.254 e. The summed E-state index contributed by atoms with van der Waals surface area (Å²) in [5, 5.41) is 4.28. The fourth-order valence-electron chi connectivity index (χ4n) is 3.31. The molecule has 1 N–H and O–H groups in total. The molecule has 2 atom stereocenters. The molecule has 8 nitrogen and oxygen atoms in total. The van der Waals surface area contributed by atoms with Gasteiger partial charge in [0.1, 0.15) is 12.2 Å². The van der Waals surface area contributed by atoms with Crippen molar-refractivity contribution in [1.29, 1.82) is 0 Å². The number of ether oxygens (including phenoxy) is 1. The Morgan fingerprint density at radius 1 is 1.27 bits per heavy atom. The van der Waals surface area contributed by atoms with Crippen molar-refractivity contribution < 1.29 is 9.53 Å². The Kier molecular flexibility index (Phi) is 4.26. The standard InChI is InChI=1S/C18H20N6O2/c1-23-11-21-16(22-23)12-3-5-13(6-4-12)18(25)24-10-14(26-2)9-15(24)17-19-7-8-20-17/h3-8,11,14-15H,9-10H2,1-2H3,(H,19,20)/t14-,15?/m1/s1. The Labute approximate surface area is 150 Å². The van der Waals surface area contributed by atoms with Gasteiger partial charge in [0.15, 0.2) is 5.82 Å². The Hall–Kier alpha value is -3.00. The van der Waals surface area contributed by atoms with Crippen molar-refractivity contribution in [2.75, 3.05) is 13.7 Å². The van der Waals surface area contributed by atoms with Gasteiger partial charge in [-0.1, -0.05) is 12.1 Å². The molecule has 1 fully saturated rings. The fourth-order valence-corrected chi connectivity index (χ4v) is 3.31. The van der Waals surface area contributed by atoms with Crippen LogP contribution in [0.1, 0.15) is 28.6 Å². The van der Waals surface area contributed by atoms with Crippen molar-refractivity contribution in [3.8, 4) is 11.4 Å². The quantitative estimate of drug-likeness (QED) is 0.773. The molecule has 8 heteroatoms. The van der Waals surface area contributed by atoms with Crippen molar-refractivity contribution in [1.82, 2.24) is 29.6 Å². The summed E-state index contributed by atoms with van der Waals surface area (Å²) in [4.78, 5) is 26.6. The molecule has 3 aromatic rings. The molecule has 1 aromatic carbocycles. The maximum absolute atomic E-state index is 13.1. The van der Waals surface area contributed by atoms with E-state index in [1.54, 1.807) is 30.5 Å². The molecule has 1 aliphatic rings. The number of H-pyrrole nitrogens is 1. The second kappa shape index (κ2) is 6.72. The van der Waals surface area contributed by atoms with E-state index in [0.29, 0.717) is 17.9 Å². The number of aromatic nitrogens is 5. The van der Waals surface area contributed by atoms with Crippen LogP contribution in [0.5, 0.6) is 0 Å². The van der Waals surface area contributed by atoms with Crippen LogP contribution in [-0.4, -0.2) is 55.3 Å². The number of likely N-dealkylation sites (tertiary alicyclic amines) is 1. The zero-order valence-corrected chi connectivity index (χ0v) is 14.7. The third-order valence-corrected chi connectivity index (χ3v) is 4.68. The first-order chi connectivity index (χ1) is 12.7. The minimum Gasteiger partial charge on any atom is -0.380 e. The molecule has 0 aliphatic carbocycles. The molecule has 3 heterocycles. The van der Waals surface area contributed by atoms with E-state index in [4.69, 9.17) is 4.74 Å². The predicted molar refractivity (Wildman–Crippen MR) is 94.2 cm³/mol. The smallest absolute Gasteiger partial charge is 0.254 e. The number of hydrogen-bond acceptors (Lipinski definition) is 5. The van der Waals surface area contributed by atoms with Crippen LogP contribution in [-0.2, 0) is 11.8 Å². The number of aryl methyl sites for hydroxylation is 1. The Morgan fingerprint density at radius 2 is 2.08 bits per heavy atom. The molecule has 0 bridgehead atoms. The zero-order valence-electron chi connectivity index (χ0n) is 14.7. The largest absolute Gasteiger partial charge is 0.380 e. The minimum absolute atomic E-state index is 0.00559. The van der Waals surface area contributed by atoms with E-state index in [2.05, 4.69) is 20.1 Å². The molecule has 1 saturated heterocycles. The highest BCUT2D eigenvalue weighted by Crippen LogP contribution is 2.33. The highest BCUT2D eigenvalue weighted by Gasteiger charge is 2.38. The van der Waals surface area contributed by atoms with Crippen LogP contribution < -0.4 is 0 Å². The van der Waals surface area contributed by atoms with Gasteiger partial charge in [0.2, 0.25) is 0 Å². The molecule has 26 heavy (non-hydrogen) atoms. The van der Waals surface area contributed by atoms with E-state index >= 15 is 0 Å². The van der Waals surface area contributed by atoms with Crippen molar-refractivity contribution in [3.05, 3.63) is 54.4 Å². The number of nitrogens with zero attached hydrogens (tertiary/aromatic N) is 5. The molecular formula is C18H20N6O2. The lowest BCUT2D eigenvalue weighted by Crippen LogP contribution is -2.32. The van der Waals surface area contributed by atoms with Crippen molar-refractivity contribution in [3.63, 3.8) is 0 Å². The third kappa shape index (κ3) is 2.99. The number of rotatable bonds is 4. The fraction of sp³-hybridized carbons (Fsp3) is 0.333. The Morgan fingerprint density at radius 3 is 2.69 bits per heavy atom. The number of carbonyl (C=O) groups excluding carboxylic acids is 1. The first-order valence-electron chi connectivity index (χ1n) is 8.45. The van der Waals surface area contributed by atoms with Crippen molar-refractivity contribution in [2.24, 2.45) is 7.05 Å². The first-order valence-corrected chi connectivity index (χ1v) is 8.45. The molecule has 1 unspecified atom stereocenters. The van der Waals surface area contributed by atoms with E-state index in [-0.39, 0.29) is 18.1 Å². The molecule has 0 saturated carbocycles. The van der Waals surface area contributed by atoms with Crippen molar-refractivity contribution >= 4 is 5.91 Å². The number of aromatic amines is 1. The summed E-state index contributed by atoms with van der Waals surface area (Å²) in [5.41, 5.74) is 1.50. The van der Waals surface area contributed by atoms with Crippen LogP contribution in [0.25, 0.3) is 11.4 Å². The average molecular weight is 352 g/mol. The summed E-state index contributed by atoms with van der Waals surface area (Å²) >= 11 is 0. The normalized spacial score (nSPS) is 19.8. The highest BCUT2D eigenvalue weighted by molar-refractivity contribution is 5.95. The van der Waals surface area contributed by atoms with Crippen LogP contribution in [0, 0.1) is 0 Å². The summed E-state index contributed by atoms with van der Waals surface area (Å²) in [6.07, 6.45) is 5.86. The van der Waals surface area contributed by atoms with Gasteiger partial charge in [-0.15, -0.1) is 0 Å². The van der Waals surface area contributed by atoms with Gasteiger partial charge in [0.25, 0.3) is 5.91 Å². The first kappa shape index (κ1) is 16.5. The van der Waals surface area contributed by atoms with Crippen LogP contribution in [0.3, 0.4) is 0 Å². The third-order valence-electron chi connectivity index (χ3n) is 4.68. The molecule has 1 aliphatic heterocycles. The summed E-state index contributed by atoms with van der Waals surface area (Å²) in [6.45, 7) is 0.546. The van der Waals surface area contributed by atoms with Gasteiger partial charge >= 0.3 is 0 Å². The van der Waals surface area contributed by atoms with Crippen LogP contribution in [0.4, 0.5) is 0 Å². The van der Waals surface area contributed by atoms with E-state index in [1.165, 1.54) is 0 Å². The molecule has 134 valence electrons. The van der Waals surface area contributed by atoms with Crippen LogP contribution in [0.2, 0.25) is 0 Å². The number of amides is 1.